The lowest BCUT2D eigenvalue weighted by molar-refractivity contribution is -0.137. The molecule has 0 radical (unpaired) electrons. The highest BCUT2D eigenvalue weighted by Crippen LogP contribution is 2.31. The fraction of sp³-hybridized carbons (Fsp3) is 0.250. The Morgan fingerprint density at radius 3 is 1.80 bits per heavy atom. The van der Waals surface area contributed by atoms with Crippen molar-refractivity contribution in [1.29, 1.82) is 0 Å². The Hall–Kier alpha value is -1.81. The number of hydrogen-bond donors (Lipinski definition) is 1. The zero-order valence-corrected chi connectivity index (χ0v) is 11.2. The predicted molar refractivity (Wildman–Crippen MR) is 71.4 cm³/mol. The number of benzene rings is 2. The van der Waals surface area contributed by atoms with E-state index in [-0.39, 0.29) is 0 Å². The largest absolute Gasteiger partial charge is 0.416 e. The van der Waals surface area contributed by atoms with E-state index >= 15 is 0 Å². The molecule has 2 aromatic carbocycles. The molecule has 0 aliphatic carbocycles. The first-order chi connectivity index (χ1) is 9.27. The predicted octanol–water partition coefficient (Wildman–Crippen LogP) is 4.40. The van der Waals surface area contributed by atoms with Crippen molar-refractivity contribution in [2.45, 2.75) is 26.1 Å². The Bertz CT molecular complexity index is 580. The number of rotatable bonds is 2. The van der Waals surface area contributed by atoms with Crippen LogP contribution in [0.2, 0.25) is 0 Å². The maximum absolute atomic E-state index is 12.5. The van der Waals surface area contributed by atoms with Gasteiger partial charge in [-0.3, -0.25) is 0 Å². The van der Waals surface area contributed by atoms with Crippen molar-refractivity contribution in [1.82, 2.24) is 0 Å². The number of alkyl halides is 3. The second-order valence-corrected chi connectivity index (χ2v) is 4.94. The van der Waals surface area contributed by atoms with Gasteiger partial charge < -0.3 is 5.11 Å². The number of halogens is 3. The Morgan fingerprint density at radius 2 is 1.35 bits per heavy atom. The fourth-order valence-corrected chi connectivity index (χ4v) is 2.21. The minimum absolute atomic E-state index is 0.447. The first-order valence-electron chi connectivity index (χ1n) is 6.21. The quantitative estimate of drug-likeness (QED) is 0.864. The minimum atomic E-state index is -4.36. The Labute approximate surface area is 115 Å². The third-order valence-corrected chi connectivity index (χ3v) is 3.11. The van der Waals surface area contributed by atoms with Crippen molar-refractivity contribution < 1.29 is 18.3 Å². The molecule has 20 heavy (non-hydrogen) atoms. The van der Waals surface area contributed by atoms with Crippen molar-refractivity contribution in [2.75, 3.05) is 0 Å². The normalized spacial score (nSPS) is 13.3. The lowest BCUT2D eigenvalue weighted by Gasteiger charge is -2.14. The maximum atomic E-state index is 12.5. The standard InChI is InChI=1S/C16H15F3O/c1-10-7-11(2)9-13(8-10)15(20)12-3-5-14(6-4-12)16(17,18)19/h3-9,15,20H,1-2H3. The van der Waals surface area contributed by atoms with Gasteiger partial charge in [0.1, 0.15) is 6.10 Å². The summed E-state index contributed by atoms with van der Waals surface area (Å²) in [5, 5.41) is 10.3. The van der Waals surface area contributed by atoms with Crippen molar-refractivity contribution >= 4 is 0 Å². The highest BCUT2D eigenvalue weighted by Gasteiger charge is 2.30. The molecule has 4 heteroatoms. The molecule has 0 bridgehead atoms. The molecule has 106 valence electrons. The maximum Gasteiger partial charge on any atom is 0.416 e. The number of hydrogen-bond acceptors (Lipinski definition) is 1. The molecule has 0 aliphatic rings. The van der Waals surface area contributed by atoms with Crippen molar-refractivity contribution in [2.24, 2.45) is 0 Å². The van der Waals surface area contributed by atoms with Gasteiger partial charge in [0, 0.05) is 0 Å². The summed E-state index contributed by atoms with van der Waals surface area (Å²) in [6.07, 6.45) is -5.28. The van der Waals surface area contributed by atoms with Gasteiger partial charge in [-0.25, -0.2) is 0 Å². The van der Waals surface area contributed by atoms with Gasteiger partial charge in [0.05, 0.1) is 5.56 Å². The number of aryl methyl sites for hydroxylation is 2. The molecule has 0 aromatic heterocycles. The minimum Gasteiger partial charge on any atom is -0.384 e. The summed E-state index contributed by atoms with van der Waals surface area (Å²) >= 11 is 0. The van der Waals surface area contributed by atoms with Crippen LogP contribution in [-0.4, -0.2) is 5.11 Å². The monoisotopic (exact) mass is 280 g/mol. The molecule has 1 N–H and O–H groups in total. The Morgan fingerprint density at radius 1 is 0.850 bits per heavy atom. The summed E-state index contributed by atoms with van der Waals surface area (Å²) in [6, 6.07) is 10.2. The average Bonchev–Trinajstić information content (AvgIpc) is 2.36. The van der Waals surface area contributed by atoms with E-state index in [2.05, 4.69) is 0 Å². The van der Waals surface area contributed by atoms with E-state index in [9.17, 15) is 18.3 Å². The van der Waals surface area contributed by atoms with E-state index in [0.717, 1.165) is 23.3 Å². The zero-order valence-electron chi connectivity index (χ0n) is 11.2. The average molecular weight is 280 g/mol. The molecule has 2 aromatic rings. The van der Waals surface area contributed by atoms with E-state index in [1.807, 2.05) is 32.0 Å². The molecular formula is C16H15F3O. The van der Waals surface area contributed by atoms with Gasteiger partial charge in [-0.2, -0.15) is 13.2 Å². The van der Waals surface area contributed by atoms with E-state index in [1.54, 1.807) is 0 Å². The van der Waals surface area contributed by atoms with Crippen LogP contribution in [0.1, 0.15) is 33.9 Å². The van der Waals surface area contributed by atoms with Crippen LogP contribution in [-0.2, 0) is 6.18 Å². The van der Waals surface area contributed by atoms with Gasteiger partial charge in [0.2, 0.25) is 0 Å². The van der Waals surface area contributed by atoms with Gasteiger partial charge >= 0.3 is 6.18 Å². The van der Waals surface area contributed by atoms with Gasteiger partial charge in [0.15, 0.2) is 0 Å². The topological polar surface area (TPSA) is 20.2 Å². The van der Waals surface area contributed by atoms with Crippen LogP contribution in [0.15, 0.2) is 42.5 Å². The molecule has 0 spiro atoms. The molecule has 1 unspecified atom stereocenters. The molecule has 0 fully saturated rings. The summed E-state index contributed by atoms with van der Waals surface area (Å²) in [5.41, 5.74) is 2.43. The molecule has 0 saturated carbocycles. The SMILES string of the molecule is Cc1cc(C)cc(C(O)c2ccc(C(F)(F)F)cc2)c1. The van der Waals surface area contributed by atoms with Crippen molar-refractivity contribution in [3.8, 4) is 0 Å². The van der Waals surface area contributed by atoms with E-state index < -0.39 is 17.8 Å². The van der Waals surface area contributed by atoms with E-state index in [0.29, 0.717) is 11.1 Å². The van der Waals surface area contributed by atoms with Crippen LogP contribution in [0.5, 0.6) is 0 Å². The molecule has 0 aliphatic heterocycles. The highest BCUT2D eigenvalue weighted by molar-refractivity contribution is 5.36. The van der Waals surface area contributed by atoms with Gasteiger partial charge in [-0.05, 0) is 37.1 Å². The van der Waals surface area contributed by atoms with Crippen LogP contribution >= 0.6 is 0 Å². The highest BCUT2D eigenvalue weighted by atomic mass is 19.4. The van der Waals surface area contributed by atoms with Crippen LogP contribution in [0, 0.1) is 13.8 Å². The van der Waals surface area contributed by atoms with Crippen LogP contribution in [0.25, 0.3) is 0 Å². The molecular weight excluding hydrogens is 265 g/mol. The number of aliphatic hydroxyl groups excluding tert-OH is 1. The Balaban J connectivity index is 2.31. The van der Waals surface area contributed by atoms with Crippen molar-refractivity contribution in [3.05, 3.63) is 70.3 Å². The fourth-order valence-electron chi connectivity index (χ4n) is 2.21. The summed E-state index contributed by atoms with van der Waals surface area (Å²) in [7, 11) is 0. The molecule has 1 atom stereocenters. The van der Waals surface area contributed by atoms with Gasteiger partial charge in [-0.1, -0.05) is 41.5 Å². The summed E-state index contributed by atoms with van der Waals surface area (Å²) in [4.78, 5) is 0. The zero-order chi connectivity index (χ0) is 14.9. The molecule has 0 heterocycles. The molecule has 2 rings (SSSR count). The second kappa shape index (κ2) is 5.29. The lowest BCUT2D eigenvalue weighted by Crippen LogP contribution is -2.06. The third kappa shape index (κ3) is 3.20. The second-order valence-electron chi connectivity index (χ2n) is 4.94. The lowest BCUT2D eigenvalue weighted by atomic mass is 9.97. The summed E-state index contributed by atoms with van der Waals surface area (Å²) in [6.45, 7) is 3.83. The van der Waals surface area contributed by atoms with Crippen LogP contribution in [0.3, 0.4) is 0 Å². The first kappa shape index (κ1) is 14.6. The molecule has 1 nitrogen and oxygen atoms in total. The summed E-state index contributed by atoms with van der Waals surface area (Å²) < 4.78 is 37.5. The van der Waals surface area contributed by atoms with Crippen molar-refractivity contribution in [3.63, 3.8) is 0 Å². The van der Waals surface area contributed by atoms with E-state index in [4.69, 9.17) is 0 Å². The van der Waals surface area contributed by atoms with Gasteiger partial charge in [0.25, 0.3) is 0 Å². The Kier molecular flexibility index (Phi) is 3.86. The summed E-state index contributed by atoms with van der Waals surface area (Å²) in [5.74, 6) is 0. The van der Waals surface area contributed by atoms with Crippen LogP contribution < -0.4 is 0 Å². The third-order valence-electron chi connectivity index (χ3n) is 3.11. The molecule has 0 saturated heterocycles. The van der Waals surface area contributed by atoms with E-state index in [1.165, 1.54) is 12.1 Å². The first-order valence-corrected chi connectivity index (χ1v) is 6.21. The molecule has 0 amide bonds. The number of aliphatic hydroxyl groups is 1. The smallest absolute Gasteiger partial charge is 0.384 e. The van der Waals surface area contributed by atoms with Crippen LogP contribution in [0.4, 0.5) is 13.2 Å². The van der Waals surface area contributed by atoms with Gasteiger partial charge in [-0.15, -0.1) is 0 Å².